The largest absolute Gasteiger partial charge is 0.481 e. The Bertz CT molecular complexity index is 1260. The second-order valence-corrected chi connectivity index (χ2v) is 14.1. The third-order valence-electron chi connectivity index (χ3n) is 6.95. The van der Waals surface area contributed by atoms with Crippen molar-refractivity contribution in [2.24, 2.45) is 0 Å². The Balaban J connectivity index is 2.30. The Kier molecular flexibility index (Phi) is 8.69. The maximum Gasteiger partial charge on any atom is 0.306 e. The van der Waals surface area contributed by atoms with Gasteiger partial charge in [-0.1, -0.05) is 54.4 Å². The number of carbonyl (C=O) groups excluding carboxylic acids is 1. The minimum atomic E-state index is -3.64. The lowest BCUT2D eigenvalue weighted by Crippen LogP contribution is -2.65. The van der Waals surface area contributed by atoms with E-state index in [1.807, 2.05) is 13.8 Å². The number of hydrogen-bond donors (Lipinski definition) is 1. The molecule has 0 bridgehead atoms. The van der Waals surface area contributed by atoms with Crippen molar-refractivity contribution in [2.45, 2.75) is 76.0 Å². The molecular formula is C27H33Cl2NO6S. The number of carbonyl (C=O) groups is 2. The highest BCUT2D eigenvalue weighted by Gasteiger charge is 2.55. The molecular weight excluding hydrogens is 537 g/mol. The topological polar surface area (TPSA) is 101 Å². The second kappa shape index (κ2) is 10.9. The highest BCUT2D eigenvalue weighted by Crippen LogP contribution is 2.49. The van der Waals surface area contributed by atoms with Gasteiger partial charge in [0.05, 0.1) is 22.5 Å². The van der Waals surface area contributed by atoms with E-state index < -0.39 is 56.7 Å². The van der Waals surface area contributed by atoms with Gasteiger partial charge in [0.15, 0.2) is 9.84 Å². The molecule has 0 aromatic heterocycles. The van der Waals surface area contributed by atoms with Gasteiger partial charge in [0.2, 0.25) is 0 Å². The summed E-state index contributed by atoms with van der Waals surface area (Å²) in [6.07, 6.45) is -2.40. The Hall–Kier alpha value is -2.13. The summed E-state index contributed by atoms with van der Waals surface area (Å²) in [5.41, 5.74) is 0.0806. The van der Waals surface area contributed by atoms with Crippen LogP contribution in [0.4, 0.5) is 0 Å². The molecule has 3 rings (SSSR count). The molecule has 4 atom stereocenters. The van der Waals surface area contributed by atoms with Gasteiger partial charge in [-0.2, -0.15) is 0 Å². The number of carboxylic acid groups (broad SMARTS) is 1. The van der Waals surface area contributed by atoms with E-state index in [-0.39, 0.29) is 5.75 Å². The number of benzene rings is 2. The average Bonchev–Trinajstić information content (AvgIpc) is 2.79. The van der Waals surface area contributed by atoms with Crippen LogP contribution in [0.2, 0.25) is 10.0 Å². The molecule has 1 aliphatic rings. The highest BCUT2D eigenvalue weighted by molar-refractivity contribution is 7.92. The summed E-state index contributed by atoms with van der Waals surface area (Å²) in [5.74, 6) is -2.06. The van der Waals surface area contributed by atoms with Crippen molar-refractivity contribution in [1.29, 1.82) is 0 Å². The Labute approximate surface area is 228 Å². The number of sulfone groups is 1. The van der Waals surface area contributed by atoms with Gasteiger partial charge in [-0.05, 0) is 69.5 Å². The minimum absolute atomic E-state index is 0.288. The molecule has 202 valence electrons. The molecule has 1 heterocycles. The fourth-order valence-electron chi connectivity index (χ4n) is 4.75. The first-order valence-electron chi connectivity index (χ1n) is 12.1. The molecule has 10 heteroatoms. The molecule has 1 amide bonds. The van der Waals surface area contributed by atoms with Gasteiger partial charge < -0.3 is 14.7 Å². The lowest BCUT2D eigenvalue weighted by Gasteiger charge is -2.55. The Morgan fingerprint density at radius 2 is 1.76 bits per heavy atom. The van der Waals surface area contributed by atoms with Crippen LogP contribution in [0, 0.1) is 0 Å². The predicted octanol–water partition coefficient (Wildman–Crippen LogP) is 5.64. The Morgan fingerprint density at radius 1 is 1.14 bits per heavy atom. The van der Waals surface area contributed by atoms with Gasteiger partial charge in [0.1, 0.15) is 12.2 Å². The number of nitrogens with zero attached hydrogens (tertiary/aromatic N) is 1. The van der Waals surface area contributed by atoms with Crippen molar-refractivity contribution < 1.29 is 27.9 Å². The quantitative estimate of drug-likeness (QED) is 0.441. The molecule has 2 aromatic rings. The molecule has 1 N–H and O–H groups in total. The van der Waals surface area contributed by atoms with Crippen molar-refractivity contribution in [3.8, 4) is 0 Å². The zero-order valence-corrected chi connectivity index (χ0v) is 23.9. The van der Waals surface area contributed by atoms with Crippen molar-refractivity contribution in [3.63, 3.8) is 0 Å². The van der Waals surface area contributed by atoms with E-state index in [2.05, 4.69) is 0 Å². The van der Waals surface area contributed by atoms with Gasteiger partial charge >= 0.3 is 5.97 Å². The number of halogens is 2. The average molecular weight is 571 g/mol. The first-order valence-corrected chi connectivity index (χ1v) is 14.5. The first-order chi connectivity index (χ1) is 17.1. The van der Waals surface area contributed by atoms with Crippen LogP contribution in [-0.4, -0.2) is 52.9 Å². The number of carboxylic acids is 1. The summed E-state index contributed by atoms with van der Waals surface area (Å²) < 4.78 is 31.9. The van der Waals surface area contributed by atoms with E-state index in [0.717, 1.165) is 0 Å². The van der Waals surface area contributed by atoms with Crippen LogP contribution in [-0.2, 0) is 29.7 Å². The molecule has 0 spiro atoms. The van der Waals surface area contributed by atoms with Crippen molar-refractivity contribution in [3.05, 3.63) is 69.7 Å². The SMILES string of the molecule is CC[C@@H](CS(=O)(=O)C(C)(C)C)N1C(=O)[C@@H](CC(=O)O)O[C@H](c2cccc(Cl)c2)[C@@]1(C)c1ccc(Cl)cc1. The van der Waals surface area contributed by atoms with E-state index >= 15 is 0 Å². The van der Waals surface area contributed by atoms with Gasteiger partial charge in [-0.25, -0.2) is 8.42 Å². The maximum absolute atomic E-state index is 14.0. The van der Waals surface area contributed by atoms with Gasteiger partial charge in [-0.3, -0.25) is 9.59 Å². The summed E-state index contributed by atoms with van der Waals surface area (Å²) in [4.78, 5) is 27.2. The lowest BCUT2D eigenvalue weighted by molar-refractivity contribution is -0.200. The predicted molar refractivity (Wildman–Crippen MR) is 145 cm³/mol. The summed E-state index contributed by atoms with van der Waals surface area (Å²) in [5, 5.41) is 10.5. The number of ether oxygens (including phenoxy) is 1. The monoisotopic (exact) mass is 569 g/mol. The Morgan fingerprint density at radius 3 is 2.27 bits per heavy atom. The van der Waals surface area contributed by atoms with Crippen LogP contribution in [0.15, 0.2) is 48.5 Å². The van der Waals surface area contributed by atoms with Crippen molar-refractivity contribution >= 4 is 44.9 Å². The van der Waals surface area contributed by atoms with Crippen LogP contribution < -0.4 is 0 Å². The molecule has 2 aromatic carbocycles. The van der Waals surface area contributed by atoms with Crippen LogP contribution in [0.5, 0.6) is 0 Å². The number of hydrogen-bond acceptors (Lipinski definition) is 5. The molecule has 0 aliphatic carbocycles. The highest BCUT2D eigenvalue weighted by atomic mass is 35.5. The zero-order valence-electron chi connectivity index (χ0n) is 21.6. The smallest absolute Gasteiger partial charge is 0.306 e. The molecule has 1 aliphatic heterocycles. The fraction of sp³-hybridized carbons (Fsp3) is 0.481. The van der Waals surface area contributed by atoms with Gasteiger partial charge in [-0.15, -0.1) is 0 Å². The first kappa shape index (κ1) is 29.4. The maximum atomic E-state index is 14.0. The molecule has 0 radical (unpaired) electrons. The van der Waals surface area contributed by atoms with Crippen molar-refractivity contribution in [2.75, 3.05) is 5.75 Å². The summed E-state index contributed by atoms with van der Waals surface area (Å²) >= 11 is 12.5. The van der Waals surface area contributed by atoms with Gasteiger partial charge in [0, 0.05) is 16.1 Å². The second-order valence-electron chi connectivity index (χ2n) is 10.5. The van der Waals surface area contributed by atoms with E-state index in [1.54, 1.807) is 69.3 Å². The molecule has 1 saturated heterocycles. The normalized spacial score (nSPS) is 23.6. The van der Waals surface area contributed by atoms with E-state index in [9.17, 15) is 23.1 Å². The summed E-state index contributed by atoms with van der Waals surface area (Å²) in [7, 11) is -3.64. The van der Waals surface area contributed by atoms with Crippen LogP contribution in [0.1, 0.15) is 64.7 Å². The third-order valence-corrected chi connectivity index (χ3v) is 10.1. The third kappa shape index (κ3) is 5.98. The number of rotatable bonds is 8. The van der Waals surface area contributed by atoms with Crippen LogP contribution >= 0.6 is 23.2 Å². The fourth-order valence-corrected chi connectivity index (χ4v) is 6.46. The van der Waals surface area contributed by atoms with E-state index in [1.165, 1.54) is 4.90 Å². The molecule has 1 fully saturated rings. The van der Waals surface area contributed by atoms with Crippen LogP contribution in [0.3, 0.4) is 0 Å². The summed E-state index contributed by atoms with van der Waals surface area (Å²) in [6, 6.07) is 13.1. The van der Waals surface area contributed by atoms with E-state index in [4.69, 9.17) is 27.9 Å². The zero-order chi connectivity index (χ0) is 27.8. The minimum Gasteiger partial charge on any atom is -0.481 e. The molecule has 7 nitrogen and oxygen atoms in total. The molecule has 37 heavy (non-hydrogen) atoms. The van der Waals surface area contributed by atoms with Crippen LogP contribution in [0.25, 0.3) is 0 Å². The standard InChI is InChI=1S/C27H33Cl2NO6S/c1-6-21(16-37(34,35)26(2,3)4)30-25(33)22(15-23(31)32)36-24(17-8-7-9-20(29)14-17)27(30,5)18-10-12-19(28)13-11-18/h7-14,21-22,24H,6,15-16H2,1-5H3,(H,31,32)/t21-,22+,24+,27+/m0/s1. The molecule has 0 unspecified atom stereocenters. The molecule has 0 saturated carbocycles. The van der Waals surface area contributed by atoms with Crippen molar-refractivity contribution in [1.82, 2.24) is 4.90 Å². The van der Waals surface area contributed by atoms with E-state index in [0.29, 0.717) is 27.6 Å². The summed E-state index contributed by atoms with van der Waals surface area (Å²) in [6.45, 7) is 8.49. The number of aliphatic carboxylic acids is 1. The number of morpholine rings is 1. The lowest BCUT2D eigenvalue weighted by atomic mass is 9.78. The number of amides is 1. The van der Waals surface area contributed by atoms with Gasteiger partial charge in [0.25, 0.3) is 5.91 Å².